The predicted molar refractivity (Wildman–Crippen MR) is 100 cm³/mol. The molecule has 136 valence electrons. The predicted octanol–water partition coefficient (Wildman–Crippen LogP) is 2.52. The molecule has 4 aromatic rings. The van der Waals surface area contributed by atoms with Crippen LogP contribution in [0.25, 0.3) is 11.4 Å². The Morgan fingerprint density at radius 2 is 1.93 bits per heavy atom. The Labute approximate surface area is 156 Å². The fourth-order valence-corrected chi connectivity index (χ4v) is 4.03. The molecule has 3 heterocycles. The van der Waals surface area contributed by atoms with Gasteiger partial charge >= 0.3 is 0 Å². The summed E-state index contributed by atoms with van der Waals surface area (Å²) in [5.41, 5.74) is 2.10. The molecule has 0 radical (unpaired) electrons. The summed E-state index contributed by atoms with van der Waals surface area (Å²) in [5, 5.41) is 6.75. The second-order valence-corrected chi connectivity index (χ2v) is 7.47. The molecule has 1 aromatic carbocycles. The average molecular weight is 380 g/mol. The fourth-order valence-electron chi connectivity index (χ4n) is 2.74. The topological polar surface area (TPSA) is 106 Å². The van der Waals surface area contributed by atoms with Crippen molar-refractivity contribution in [3.8, 4) is 11.4 Å². The number of benzene rings is 1. The summed E-state index contributed by atoms with van der Waals surface area (Å²) in [7, 11) is -3.82. The van der Waals surface area contributed by atoms with Crippen LogP contribution in [0.3, 0.4) is 0 Å². The standard InChI is InChI=1S/C18H16N6O2S/c25-27(26,17-7-2-1-5-14(17)12-24-10-9-19-13-24)23-16-11-21-22-18(16)15-6-3-4-8-20-15/h1-11,13,23H,12H2,(H,21,22). The third-order valence-electron chi connectivity index (χ3n) is 3.98. The number of rotatable bonds is 6. The average Bonchev–Trinajstić information content (AvgIpc) is 3.34. The van der Waals surface area contributed by atoms with E-state index in [9.17, 15) is 8.42 Å². The Morgan fingerprint density at radius 3 is 2.70 bits per heavy atom. The van der Waals surface area contributed by atoms with Crippen LogP contribution in [0.4, 0.5) is 5.69 Å². The van der Waals surface area contributed by atoms with Gasteiger partial charge in [-0.3, -0.25) is 14.8 Å². The van der Waals surface area contributed by atoms with Crippen molar-refractivity contribution in [1.82, 2.24) is 24.7 Å². The zero-order valence-electron chi connectivity index (χ0n) is 14.1. The van der Waals surface area contributed by atoms with E-state index in [-0.39, 0.29) is 4.90 Å². The van der Waals surface area contributed by atoms with Gasteiger partial charge in [0.15, 0.2) is 0 Å². The van der Waals surface area contributed by atoms with Gasteiger partial charge in [-0.2, -0.15) is 5.10 Å². The van der Waals surface area contributed by atoms with E-state index in [1.807, 2.05) is 16.7 Å². The minimum atomic E-state index is -3.82. The van der Waals surface area contributed by atoms with Gasteiger partial charge in [0.05, 0.1) is 28.8 Å². The molecule has 0 saturated heterocycles. The molecule has 2 N–H and O–H groups in total. The van der Waals surface area contributed by atoms with Gasteiger partial charge in [-0.1, -0.05) is 24.3 Å². The lowest BCUT2D eigenvalue weighted by molar-refractivity contribution is 0.599. The first-order valence-electron chi connectivity index (χ1n) is 8.15. The van der Waals surface area contributed by atoms with Crippen LogP contribution in [0.15, 0.2) is 78.5 Å². The van der Waals surface area contributed by atoms with Gasteiger partial charge in [0, 0.05) is 25.1 Å². The molecule has 0 amide bonds. The minimum absolute atomic E-state index is 0.201. The van der Waals surface area contributed by atoms with Crippen molar-refractivity contribution in [2.24, 2.45) is 0 Å². The summed E-state index contributed by atoms with van der Waals surface area (Å²) in [5.74, 6) is 0. The van der Waals surface area contributed by atoms with E-state index in [1.165, 1.54) is 6.20 Å². The summed E-state index contributed by atoms with van der Waals surface area (Å²) in [6.07, 6.45) is 8.15. The maximum absolute atomic E-state index is 13.0. The first-order valence-corrected chi connectivity index (χ1v) is 9.63. The number of H-pyrrole nitrogens is 1. The molecule has 0 aliphatic carbocycles. The first-order chi connectivity index (χ1) is 13.1. The zero-order valence-corrected chi connectivity index (χ0v) is 15.0. The summed E-state index contributed by atoms with van der Waals surface area (Å²) in [6.45, 7) is 0.398. The highest BCUT2D eigenvalue weighted by molar-refractivity contribution is 7.92. The van der Waals surface area contributed by atoms with Crippen molar-refractivity contribution in [2.45, 2.75) is 11.4 Å². The summed E-state index contributed by atoms with van der Waals surface area (Å²) in [4.78, 5) is 8.43. The fraction of sp³-hybridized carbons (Fsp3) is 0.0556. The number of pyridine rings is 1. The van der Waals surface area contributed by atoms with Crippen LogP contribution >= 0.6 is 0 Å². The molecule has 0 fully saturated rings. The van der Waals surface area contributed by atoms with E-state index in [4.69, 9.17) is 0 Å². The highest BCUT2D eigenvalue weighted by Crippen LogP contribution is 2.27. The molecule has 0 saturated carbocycles. The second kappa shape index (κ2) is 7.04. The second-order valence-electron chi connectivity index (χ2n) is 5.82. The number of anilines is 1. The van der Waals surface area contributed by atoms with Gasteiger partial charge < -0.3 is 4.57 Å². The highest BCUT2D eigenvalue weighted by atomic mass is 32.2. The number of aromatic amines is 1. The van der Waals surface area contributed by atoms with Gasteiger partial charge in [-0.05, 0) is 23.8 Å². The lowest BCUT2D eigenvalue weighted by Gasteiger charge is -2.12. The number of aromatic nitrogens is 5. The summed E-state index contributed by atoms with van der Waals surface area (Å²) in [6, 6.07) is 12.2. The number of hydrogen-bond acceptors (Lipinski definition) is 5. The van der Waals surface area contributed by atoms with E-state index < -0.39 is 10.0 Å². The smallest absolute Gasteiger partial charge is 0.262 e. The highest BCUT2D eigenvalue weighted by Gasteiger charge is 2.21. The maximum atomic E-state index is 13.0. The molecule has 0 atom stereocenters. The van der Waals surface area contributed by atoms with Gasteiger partial charge in [-0.25, -0.2) is 13.4 Å². The Bertz CT molecular complexity index is 1140. The van der Waals surface area contributed by atoms with Crippen molar-refractivity contribution in [3.63, 3.8) is 0 Å². The van der Waals surface area contributed by atoms with Gasteiger partial charge in [0.25, 0.3) is 10.0 Å². The van der Waals surface area contributed by atoms with E-state index >= 15 is 0 Å². The van der Waals surface area contributed by atoms with Crippen LogP contribution < -0.4 is 4.72 Å². The molecule has 0 spiro atoms. The lowest BCUT2D eigenvalue weighted by atomic mass is 10.2. The molecule has 0 aliphatic rings. The Kier molecular flexibility index (Phi) is 4.43. The van der Waals surface area contributed by atoms with Crippen LogP contribution in [0.1, 0.15) is 5.56 Å². The molecule has 8 nitrogen and oxygen atoms in total. The molecular formula is C18H16N6O2S. The molecule has 0 unspecified atom stereocenters. The molecular weight excluding hydrogens is 364 g/mol. The van der Waals surface area contributed by atoms with Crippen molar-refractivity contribution in [2.75, 3.05) is 4.72 Å². The minimum Gasteiger partial charge on any atom is -0.333 e. The zero-order chi connectivity index (χ0) is 18.7. The van der Waals surface area contributed by atoms with Gasteiger partial charge in [0.1, 0.15) is 5.69 Å². The Hall–Kier alpha value is -3.46. The van der Waals surface area contributed by atoms with Gasteiger partial charge in [-0.15, -0.1) is 0 Å². The van der Waals surface area contributed by atoms with Crippen molar-refractivity contribution >= 4 is 15.7 Å². The van der Waals surface area contributed by atoms with Crippen LogP contribution in [0.2, 0.25) is 0 Å². The molecule has 9 heteroatoms. The number of sulfonamides is 1. The lowest BCUT2D eigenvalue weighted by Crippen LogP contribution is -2.16. The van der Waals surface area contributed by atoms with Gasteiger partial charge in [0.2, 0.25) is 0 Å². The first kappa shape index (κ1) is 17.0. The third kappa shape index (κ3) is 3.58. The van der Waals surface area contributed by atoms with E-state index in [0.717, 1.165) is 0 Å². The number of nitrogens with zero attached hydrogens (tertiary/aromatic N) is 4. The van der Waals surface area contributed by atoms with Crippen LogP contribution in [-0.4, -0.2) is 33.2 Å². The van der Waals surface area contributed by atoms with E-state index in [2.05, 4.69) is 24.9 Å². The van der Waals surface area contributed by atoms with E-state index in [1.54, 1.807) is 55.2 Å². The molecule has 0 bridgehead atoms. The summed E-state index contributed by atoms with van der Waals surface area (Å²) >= 11 is 0. The molecule has 3 aromatic heterocycles. The molecule has 27 heavy (non-hydrogen) atoms. The maximum Gasteiger partial charge on any atom is 0.262 e. The van der Waals surface area contributed by atoms with Crippen molar-refractivity contribution in [3.05, 3.63) is 79.1 Å². The number of imidazole rings is 1. The van der Waals surface area contributed by atoms with Crippen molar-refractivity contribution < 1.29 is 8.42 Å². The molecule has 4 rings (SSSR count). The summed E-state index contributed by atoms with van der Waals surface area (Å²) < 4.78 is 30.5. The number of hydrogen-bond donors (Lipinski definition) is 2. The molecule has 0 aliphatic heterocycles. The van der Waals surface area contributed by atoms with Crippen molar-refractivity contribution in [1.29, 1.82) is 0 Å². The largest absolute Gasteiger partial charge is 0.333 e. The van der Waals surface area contributed by atoms with E-state index in [0.29, 0.717) is 29.2 Å². The van der Waals surface area contributed by atoms with Crippen LogP contribution in [0.5, 0.6) is 0 Å². The van der Waals surface area contributed by atoms with Crippen LogP contribution in [-0.2, 0) is 16.6 Å². The van der Waals surface area contributed by atoms with Crippen LogP contribution in [0, 0.1) is 0 Å². The Morgan fingerprint density at radius 1 is 1.07 bits per heavy atom. The quantitative estimate of drug-likeness (QED) is 0.535. The third-order valence-corrected chi connectivity index (χ3v) is 5.44. The monoisotopic (exact) mass is 380 g/mol. The Balaban J connectivity index is 1.67. The SMILES string of the molecule is O=S(=O)(Nc1cn[nH]c1-c1ccccn1)c1ccccc1Cn1ccnc1. The number of nitrogens with one attached hydrogen (secondary N) is 2. The normalized spacial score (nSPS) is 11.4.